The highest BCUT2D eigenvalue weighted by molar-refractivity contribution is 7.89. The third-order valence-electron chi connectivity index (χ3n) is 11.2. The number of aliphatic hydroxyl groups is 4. The van der Waals surface area contributed by atoms with Gasteiger partial charge in [0.15, 0.2) is 0 Å². The first-order chi connectivity index (χ1) is 32.6. The fourth-order valence-corrected chi connectivity index (χ4v) is 8.42. The maximum Gasteiger partial charge on any atom is 0.238 e. The number of nitrogens with two attached hydrogens (primary N) is 2. The molecule has 12 N–H and O–H groups in total. The van der Waals surface area contributed by atoms with Crippen LogP contribution in [0.5, 0.6) is 11.5 Å². The molecule has 4 aromatic carbocycles. The summed E-state index contributed by atoms with van der Waals surface area (Å²) in [6.45, 7) is 4.77. The van der Waals surface area contributed by atoms with Gasteiger partial charge >= 0.3 is 0 Å². The summed E-state index contributed by atoms with van der Waals surface area (Å²) in [5.41, 5.74) is 4.07. The summed E-state index contributed by atoms with van der Waals surface area (Å²) < 4.78 is 57.0. The lowest BCUT2D eigenvalue weighted by atomic mass is 10.1. The lowest BCUT2D eigenvalue weighted by molar-refractivity contribution is 0.126. The second-order valence-corrected chi connectivity index (χ2v) is 20.0. The molecule has 0 aliphatic heterocycles. The van der Waals surface area contributed by atoms with Gasteiger partial charge in [-0.15, -0.1) is 0 Å². The minimum Gasteiger partial charge on any atom is -0.508 e. The molecule has 16 nitrogen and oxygen atoms in total. The van der Waals surface area contributed by atoms with Crippen molar-refractivity contribution in [1.29, 1.82) is 0 Å². The predicted molar refractivity (Wildman–Crippen MR) is 264 cm³/mol. The van der Waals surface area contributed by atoms with Gasteiger partial charge in [0.1, 0.15) is 11.5 Å². The van der Waals surface area contributed by atoms with Gasteiger partial charge in [-0.05, 0) is 142 Å². The van der Waals surface area contributed by atoms with Crippen LogP contribution in [0.2, 0.25) is 0 Å². The number of aromatic hydroxyl groups is 2. The second kappa shape index (κ2) is 32.7. The Morgan fingerprint density at radius 2 is 0.868 bits per heavy atom. The second-order valence-electron chi connectivity index (χ2n) is 16.9. The summed E-state index contributed by atoms with van der Waals surface area (Å²) in [6, 6.07) is 23.0. The number of ether oxygens (including phenoxy) is 2. The normalized spacial score (nSPS) is 12.7. The highest BCUT2D eigenvalue weighted by Gasteiger charge is 2.12. The van der Waals surface area contributed by atoms with Gasteiger partial charge in [-0.1, -0.05) is 68.5 Å². The smallest absolute Gasteiger partial charge is 0.238 e. The van der Waals surface area contributed by atoms with Gasteiger partial charge in [-0.3, -0.25) is 0 Å². The Bertz CT molecular complexity index is 2090. The van der Waals surface area contributed by atoms with Crippen molar-refractivity contribution < 1.29 is 56.9 Å². The van der Waals surface area contributed by atoms with Gasteiger partial charge in [-0.2, -0.15) is 0 Å². The van der Waals surface area contributed by atoms with E-state index in [2.05, 4.69) is 10.6 Å². The Morgan fingerprint density at radius 1 is 0.485 bits per heavy atom. The minimum atomic E-state index is -3.66. The topological polar surface area (TPSA) is 284 Å². The average molecular weight is 989 g/mol. The first kappa shape index (κ1) is 58.3. The third-order valence-corrected chi connectivity index (χ3v) is 13.1. The van der Waals surface area contributed by atoms with E-state index >= 15 is 0 Å². The van der Waals surface area contributed by atoms with E-state index in [1.807, 2.05) is 12.1 Å². The Morgan fingerprint density at radius 3 is 1.29 bits per heavy atom. The molecule has 0 aliphatic rings. The van der Waals surface area contributed by atoms with Crippen LogP contribution in [-0.4, -0.2) is 100 Å². The number of nitrogens with one attached hydrogen (secondary N) is 2. The van der Waals surface area contributed by atoms with Crippen LogP contribution >= 0.6 is 0 Å². The van der Waals surface area contributed by atoms with E-state index in [9.17, 15) is 47.5 Å². The first-order valence-corrected chi connectivity index (χ1v) is 26.7. The quantitative estimate of drug-likeness (QED) is 0.0259. The van der Waals surface area contributed by atoms with Crippen LogP contribution in [0.1, 0.15) is 123 Å². The number of aliphatic hydroxyl groups excluding tert-OH is 4. The Balaban J connectivity index is 0.000000360. The zero-order chi connectivity index (χ0) is 49.6. The number of hydrogen-bond acceptors (Lipinski definition) is 14. The predicted octanol–water partition coefficient (Wildman–Crippen LogP) is 5.51. The molecule has 0 bridgehead atoms. The summed E-state index contributed by atoms with van der Waals surface area (Å²) in [5, 5.41) is 74.9. The van der Waals surface area contributed by atoms with Crippen molar-refractivity contribution in [2.45, 2.75) is 125 Å². The van der Waals surface area contributed by atoms with E-state index in [0.717, 1.165) is 127 Å². The molecular formula is C50H76N4O12S2. The van der Waals surface area contributed by atoms with Crippen LogP contribution in [0.15, 0.2) is 94.7 Å². The standard InChI is InChI=1S/2C25H38N2O6S/c26-34(31,32)23-10-7-9-20(16-23)8-3-6-15-33-14-5-2-1-4-13-27-18-25(30)21-11-12-24(29)22(17-21)19-28;26-34(31,32)23-10-6-8-20(16-23)9-7-15-33-14-5-3-1-2-4-13-27-18-25(30)21-11-12-24(29)22(17-21)19-28/h7,9-12,16-17,25,27-30H,1-6,8,13-15,18-19H2,(H2,26,31,32);6,8,10-12,16-17,25,27-30H,1-5,7,9,13-15,18-19H2,(H2,26,31,32). The molecule has 0 saturated carbocycles. The van der Waals surface area contributed by atoms with Crippen LogP contribution in [-0.2, 0) is 55.6 Å². The van der Waals surface area contributed by atoms with Gasteiger partial charge < -0.3 is 50.7 Å². The molecule has 0 fully saturated rings. The van der Waals surface area contributed by atoms with Crippen LogP contribution in [0.4, 0.5) is 0 Å². The molecule has 4 rings (SSSR count). The number of unbranched alkanes of at least 4 members (excludes halogenated alkanes) is 8. The molecule has 0 saturated heterocycles. The fourth-order valence-electron chi connectivity index (χ4n) is 7.26. The lowest BCUT2D eigenvalue weighted by Crippen LogP contribution is -2.22. The molecule has 2 unspecified atom stereocenters. The van der Waals surface area contributed by atoms with Gasteiger partial charge in [0.2, 0.25) is 20.0 Å². The lowest BCUT2D eigenvalue weighted by Gasteiger charge is -2.14. The maximum atomic E-state index is 11.4. The van der Waals surface area contributed by atoms with Crippen molar-refractivity contribution in [1.82, 2.24) is 10.6 Å². The third kappa shape index (κ3) is 24.0. The molecule has 2 atom stereocenters. The van der Waals surface area contributed by atoms with E-state index in [0.29, 0.717) is 48.6 Å². The first-order valence-electron chi connectivity index (χ1n) is 23.6. The van der Waals surface area contributed by atoms with Gasteiger partial charge in [0, 0.05) is 50.6 Å². The van der Waals surface area contributed by atoms with Crippen molar-refractivity contribution in [3.05, 3.63) is 118 Å². The zero-order valence-electron chi connectivity index (χ0n) is 39.3. The molecule has 0 radical (unpaired) electrons. The van der Waals surface area contributed by atoms with Crippen LogP contribution in [0, 0.1) is 0 Å². The number of primary sulfonamides is 2. The van der Waals surface area contributed by atoms with Crippen molar-refractivity contribution in [2.24, 2.45) is 10.3 Å². The number of phenols is 2. The summed E-state index contributed by atoms with van der Waals surface area (Å²) >= 11 is 0. The fraction of sp³-hybridized carbons (Fsp3) is 0.520. The van der Waals surface area contributed by atoms with Crippen LogP contribution in [0.3, 0.4) is 0 Å². The maximum absolute atomic E-state index is 11.4. The highest BCUT2D eigenvalue weighted by Crippen LogP contribution is 2.24. The Hall–Kier alpha value is -4.02. The number of sulfonamides is 2. The number of hydrogen-bond donors (Lipinski definition) is 10. The van der Waals surface area contributed by atoms with Crippen molar-refractivity contribution in [3.8, 4) is 11.5 Å². The summed E-state index contributed by atoms with van der Waals surface area (Å²) in [6.07, 6.45) is 12.5. The molecule has 4 aromatic rings. The number of aryl methyl sites for hydroxylation is 2. The summed E-state index contributed by atoms with van der Waals surface area (Å²) in [5.74, 6) is 0.0634. The van der Waals surface area contributed by atoms with Crippen LogP contribution < -0.4 is 20.9 Å². The van der Waals surface area contributed by atoms with Crippen molar-refractivity contribution >= 4 is 20.0 Å². The van der Waals surface area contributed by atoms with E-state index in [1.54, 1.807) is 48.5 Å². The zero-order valence-corrected chi connectivity index (χ0v) is 40.9. The molecule has 18 heteroatoms. The molecule has 0 heterocycles. The summed E-state index contributed by atoms with van der Waals surface area (Å²) in [4.78, 5) is 0.299. The molecule has 0 aromatic heterocycles. The van der Waals surface area contributed by atoms with Crippen molar-refractivity contribution in [3.63, 3.8) is 0 Å². The molecule has 0 spiro atoms. The Kier molecular flexibility index (Phi) is 28.1. The molecule has 0 aliphatic carbocycles. The Labute approximate surface area is 403 Å². The molecule has 0 amide bonds. The molecule has 68 heavy (non-hydrogen) atoms. The van der Waals surface area contributed by atoms with E-state index < -0.39 is 32.3 Å². The largest absolute Gasteiger partial charge is 0.508 e. The monoisotopic (exact) mass is 988 g/mol. The van der Waals surface area contributed by atoms with Gasteiger partial charge in [-0.25, -0.2) is 27.1 Å². The average Bonchev–Trinajstić information content (AvgIpc) is 3.32. The van der Waals surface area contributed by atoms with Gasteiger partial charge in [0.25, 0.3) is 0 Å². The van der Waals surface area contributed by atoms with Gasteiger partial charge in [0.05, 0.1) is 35.2 Å². The number of rotatable bonds is 34. The molecular weight excluding hydrogens is 913 g/mol. The van der Waals surface area contributed by atoms with Crippen LogP contribution in [0.25, 0.3) is 0 Å². The van der Waals surface area contributed by atoms with E-state index in [1.165, 1.54) is 24.3 Å². The van der Waals surface area contributed by atoms with E-state index in [4.69, 9.17) is 19.8 Å². The highest BCUT2D eigenvalue weighted by atomic mass is 32.2. The molecule has 380 valence electrons. The summed E-state index contributed by atoms with van der Waals surface area (Å²) in [7, 11) is -7.32. The van der Waals surface area contributed by atoms with E-state index in [-0.39, 0.29) is 34.5 Å². The SMILES string of the molecule is NS(=O)(=O)c1cccc(CCCCOCCCCCCNCC(O)c2ccc(O)c(CO)c2)c1.NS(=O)(=O)c1cccc(CCCOCCCCCCCNCC(O)c2ccc(O)c(CO)c2)c1. The minimum absolute atomic E-state index is 0.0310. The van der Waals surface area contributed by atoms with Crippen molar-refractivity contribution in [2.75, 3.05) is 52.6 Å². The number of benzene rings is 4.